The number of carbonyl (C=O) groups is 2. The molecule has 0 aromatic heterocycles. The van der Waals surface area contributed by atoms with E-state index in [1.165, 1.54) is 13.2 Å². The lowest BCUT2D eigenvalue weighted by atomic mass is 10.2. The minimum atomic E-state index is -0.608. The SMILES string of the molecule is COC(=O)CNC(=O)c1cc(N)cc(F)c1. The van der Waals surface area contributed by atoms with Crippen LogP contribution in [0.25, 0.3) is 0 Å². The maximum Gasteiger partial charge on any atom is 0.325 e. The molecule has 6 heteroatoms. The third-order valence-electron chi connectivity index (χ3n) is 1.80. The Morgan fingerprint density at radius 3 is 2.69 bits per heavy atom. The summed E-state index contributed by atoms with van der Waals surface area (Å²) in [5.41, 5.74) is 5.57. The van der Waals surface area contributed by atoms with Crippen LogP contribution in [0.5, 0.6) is 0 Å². The monoisotopic (exact) mass is 226 g/mol. The summed E-state index contributed by atoms with van der Waals surface area (Å²) in [5, 5.41) is 2.27. The van der Waals surface area contributed by atoms with Gasteiger partial charge in [0.1, 0.15) is 12.4 Å². The number of methoxy groups -OCH3 is 1. The Kier molecular flexibility index (Phi) is 3.82. The van der Waals surface area contributed by atoms with Gasteiger partial charge in [0.05, 0.1) is 7.11 Å². The molecule has 0 heterocycles. The summed E-state index contributed by atoms with van der Waals surface area (Å²) in [7, 11) is 1.20. The van der Waals surface area contributed by atoms with Crippen LogP contribution in [0.1, 0.15) is 10.4 Å². The minimum absolute atomic E-state index is 0.0569. The number of carbonyl (C=O) groups excluding carboxylic acids is 2. The second kappa shape index (κ2) is 5.11. The van der Waals surface area contributed by atoms with Crippen LogP contribution in [-0.2, 0) is 9.53 Å². The number of amides is 1. The molecule has 0 spiro atoms. The predicted octanol–water partition coefficient (Wildman–Crippen LogP) is 0.311. The van der Waals surface area contributed by atoms with Crippen LogP contribution in [0.15, 0.2) is 18.2 Å². The number of ether oxygens (including phenoxy) is 1. The highest BCUT2D eigenvalue weighted by Gasteiger charge is 2.09. The third kappa shape index (κ3) is 3.23. The number of rotatable bonds is 3. The molecule has 5 nitrogen and oxygen atoms in total. The van der Waals surface area contributed by atoms with Crippen LogP contribution in [0, 0.1) is 5.82 Å². The molecule has 1 rings (SSSR count). The third-order valence-corrected chi connectivity index (χ3v) is 1.80. The first-order chi connectivity index (χ1) is 7.52. The summed E-state index contributed by atoms with van der Waals surface area (Å²) in [6.07, 6.45) is 0. The van der Waals surface area contributed by atoms with Gasteiger partial charge in [0, 0.05) is 11.3 Å². The second-order valence-electron chi connectivity index (χ2n) is 3.03. The van der Waals surface area contributed by atoms with Crippen LogP contribution in [0.4, 0.5) is 10.1 Å². The van der Waals surface area contributed by atoms with E-state index in [1.807, 2.05) is 0 Å². The molecule has 0 saturated carbocycles. The van der Waals surface area contributed by atoms with E-state index in [4.69, 9.17) is 5.73 Å². The van der Waals surface area contributed by atoms with Gasteiger partial charge in [-0.25, -0.2) is 4.39 Å². The van der Waals surface area contributed by atoms with Gasteiger partial charge >= 0.3 is 5.97 Å². The normalized spacial score (nSPS) is 9.62. The fourth-order valence-corrected chi connectivity index (χ4v) is 1.07. The molecule has 0 aliphatic heterocycles. The Hall–Kier alpha value is -2.11. The van der Waals surface area contributed by atoms with E-state index < -0.39 is 17.7 Å². The van der Waals surface area contributed by atoms with Crippen LogP contribution in [-0.4, -0.2) is 25.5 Å². The van der Waals surface area contributed by atoms with Crippen molar-refractivity contribution in [1.29, 1.82) is 0 Å². The Labute approximate surface area is 91.4 Å². The van der Waals surface area contributed by atoms with E-state index in [1.54, 1.807) is 0 Å². The average molecular weight is 226 g/mol. The predicted molar refractivity (Wildman–Crippen MR) is 55.2 cm³/mol. The van der Waals surface area contributed by atoms with Gasteiger partial charge in [0.2, 0.25) is 0 Å². The summed E-state index contributed by atoms with van der Waals surface area (Å²) in [6, 6.07) is 3.44. The highest BCUT2D eigenvalue weighted by molar-refractivity contribution is 5.96. The zero-order valence-corrected chi connectivity index (χ0v) is 8.62. The van der Waals surface area contributed by atoms with E-state index in [9.17, 15) is 14.0 Å². The molecule has 0 bridgehead atoms. The molecule has 16 heavy (non-hydrogen) atoms. The number of halogens is 1. The lowest BCUT2D eigenvalue weighted by Crippen LogP contribution is -2.30. The van der Waals surface area contributed by atoms with Gasteiger partial charge in [-0.3, -0.25) is 9.59 Å². The molecule has 0 aliphatic carbocycles. The standard InChI is InChI=1S/C10H11FN2O3/c1-16-9(14)5-13-10(15)6-2-7(11)4-8(12)3-6/h2-4H,5,12H2,1H3,(H,13,15). The van der Waals surface area contributed by atoms with Gasteiger partial charge in [-0.15, -0.1) is 0 Å². The maximum atomic E-state index is 12.9. The van der Waals surface area contributed by atoms with Crippen molar-refractivity contribution in [3.05, 3.63) is 29.6 Å². The van der Waals surface area contributed by atoms with Crippen molar-refractivity contribution in [3.8, 4) is 0 Å². The molecule has 0 fully saturated rings. The van der Waals surface area contributed by atoms with E-state index in [-0.39, 0.29) is 17.8 Å². The van der Waals surface area contributed by atoms with Crippen molar-refractivity contribution >= 4 is 17.6 Å². The number of hydrogen-bond acceptors (Lipinski definition) is 4. The van der Waals surface area contributed by atoms with Crippen molar-refractivity contribution in [3.63, 3.8) is 0 Å². The second-order valence-corrected chi connectivity index (χ2v) is 3.03. The van der Waals surface area contributed by atoms with Gasteiger partial charge in [-0.05, 0) is 18.2 Å². The zero-order valence-electron chi connectivity index (χ0n) is 8.62. The van der Waals surface area contributed by atoms with Gasteiger partial charge in [-0.1, -0.05) is 0 Å². The number of hydrogen-bond donors (Lipinski definition) is 2. The largest absolute Gasteiger partial charge is 0.468 e. The van der Waals surface area contributed by atoms with Crippen molar-refractivity contribution in [1.82, 2.24) is 5.32 Å². The summed E-state index contributed by atoms with van der Waals surface area (Å²) >= 11 is 0. The average Bonchev–Trinajstić information content (AvgIpc) is 2.23. The first-order valence-electron chi connectivity index (χ1n) is 4.44. The van der Waals surface area contributed by atoms with Crippen molar-refractivity contribution in [2.75, 3.05) is 19.4 Å². The Morgan fingerprint density at radius 1 is 1.44 bits per heavy atom. The number of anilines is 1. The fraction of sp³-hybridized carbons (Fsp3) is 0.200. The lowest BCUT2D eigenvalue weighted by Gasteiger charge is -2.04. The van der Waals surface area contributed by atoms with E-state index in [0.717, 1.165) is 12.1 Å². The minimum Gasteiger partial charge on any atom is -0.468 e. The Bertz CT molecular complexity index is 400. The molecule has 1 amide bonds. The molecular formula is C10H11FN2O3. The molecule has 0 saturated heterocycles. The van der Waals surface area contributed by atoms with Gasteiger partial charge < -0.3 is 15.8 Å². The molecule has 0 atom stereocenters. The van der Waals surface area contributed by atoms with Gasteiger partial charge in [0.25, 0.3) is 5.91 Å². The van der Waals surface area contributed by atoms with Crippen molar-refractivity contribution < 1.29 is 18.7 Å². The quantitative estimate of drug-likeness (QED) is 0.574. The van der Waals surface area contributed by atoms with Crippen molar-refractivity contribution in [2.24, 2.45) is 0 Å². The molecule has 1 aromatic carbocycles. The number of nitrogens with one attached hydrogen (secondary N) is 1. The molecular weight excluding hydrogens is 215 g/mol. The zero-order chi connectivity index (χ0) is 12.1. The molecule has 0 aliphatic rings. The maximum absolute atomic E-state index is 12.9. The first-order valence-corrected chi connectivity index (χ1v) is 4.44. The Balaban J connectivity index is 2.69. The first kappa shape index (κ1) is 12.0. The molecule has 0 radical (unpaired) electrons. The highest BCUT2D eigenvalue weighted by Crippen LogP contribution is 2.10. The molecule has 1 aromatic rings. The van der Waals surface area contributed by atoms with Crippen LogP contribution in [0.2, 0.25) is 0 Å². The van der Waals surface area contributed by atoms with Gasteiger partial charge in [-0.2, -0.15) is 0 Å². The van der Waals surface area contributed by atoms with E-state index in [2.05, 4.69) is 10.1 Å². The molecule has 0 unspecified atom stereocenters. The topological polar surface area (TPSA) is 81.4 Å². The molecule has 86 valence electrons. The van der Waals surface area contributed by atoms with Crippen LogP contribution < -0.4 is 11.1 Å². The smallest absolute Gasteiger partial charge is 0.325 e. The molecule has 3 N–H and O–H groups in total. The summed E-state index contributed by atoms with van der Waals surface area (Å²) in [6.45, 7) is -0.272. The van der Waals surface area contributed by atoms with Crippen molar-refractivity contribution in [2.45, 2.75) is 0 Å². The van der Waals surface area contributed by atoms with Gasteiger partial charge in [0.15, 0.2) is 0 Å². The lowest BCUT2D eigenvalue weighted by molar-refractivity contribution is -0.139. The Morgan fingerprint density at radius 2 is 2.12 bits per heavy atom. The number of nitrogens with two attached hydrogens (primary N) is 1. The van der Waals surface area contributed by atoms with Crippen LogP contribution in [0.3, 0.4) is 0 Å². The van der Waals surface area contributed by atoms with E-state index >= 15 is 0 Å². The summed E-state index contributed by atoms with van der Waals surface area (Å²) in [5.74, 6) is -1.78. The van der Waals surface area contributed by atoms with E-state index in [0.29, 0.717) is 0 Å². The number of esters is 1. The summed E-state index contributed by atoms with van der Waals surface area (Å²) < 4.78 is 17.2. The summed E-state index contributed by atoms with van der Waals surface area (Å²) in [4.78, 5) is 22.2. The van der Waals surface area contributed by atoms with Crippen LogP contribution >= 0.6 is 0 Å². The fourth-order valence-electron chi connectivity index (χ4n) is 1.07. The number of benzene rings is 1. The number of nitrogen functional groups attached to an aromatic ring is 1. The highest BCUT2D eigenvalue weighted by atomic mass is 19.1.